The summed E-state index contributed by atoms with van der Waals surface area (Å²) in [5.41, 5.74) is 2.97. The van der Waals surface area contributed by atoms with Gasteiger partial charge in [0.1, 0.15) is 0 Å². The SMILES string of the molecule is CC(NCC1CCCCC1O)c1cscn1. The Balaban J connectivity index is 1.78. The molecule has 3 unspecified atom stereocenters. The third-order valence-electron chi connectivity index (χ3n) is 3.45. The Morgan fingerprint density at radius 3 is 3.06 bits per heavy atom. The van der Waals surface area contributed by atoms with Gasteiger partial charge in [0.2, 0.25) is 0 Å². The molecule has 0 radical (unpaired) electrons. The van der Waals surface area contributed by atoms with E-state index in [1.54, 1.807) is 11.3 Å². The monoisotopic (exact) mass is 240 g/mol. The van der Waals surface area contributed by atoms with Crippen LogP contribution in [0.5, 0.6) is 0 Å². The third kappa shape index (κ3) is 3.03. The van der Waals surface area contributed by atoms with Crippen LogP contribution in [0, 0.1) is 5.92 Å². The predicted octanol–water partition coefficient (Wildman–Crippen LogP) is 2.34. The normalized spacial score (nSPS) is 27.9. The number of aliphatic hydroxyl groups is 1. The Hall–Kier alpha value is -0.450. The highest BCUT2D eigenvalue weighted by Gasteiger charge is 2.23. The minimum atomic E-state index is -0.108. The van der Waals surface area contributed by atoms with Crippen molar-refractivity contribution >= 4 is 11.3 Å². The van der Waals surface area contributed by atoms with E-state index in [9.17, 15) is 5.11 Å². The molecule has 1 fully saturated rings. The van der Waals surface area contributed by atoms with Crippen molar-refractivity contribution in [1.82, 2.24) is 10.3 Å². The lowest BCUT2D eigenvalue weighted by Gasteiger charge is -2.28. The smallest absolute Gasteiger partial charge is 0.0795 e. The minimum Gasteiger partial charge on any atom is -0.393 e. The van der Waals surface area contributed by atoms with Crippen LogP contribution in [0.25, 0.3) is 0 Å². The highest BCUT2D eigenvalue weighted by atomic mass is 32.1. The number of hydrogen-bond donors (Lipinski definition) is 2. The summed E-state index contributed by atoms with van der Waals surface area (Å²) in [4.78, 5) is 4.29. The van der Waals surface area contributed by atoms with Gasteiger partial charge in [0, 0.05) is 18.0 Å². The summed E-state index contributed by atoms with van der Waals surface area (Å²) in [6.45, 7) is 3.03. The highest BCUT2D eigenvalue weighted by molar-refractivity contribution is 7.07. The molecule has 1 aliphatic carbocycles. The van der Waals surface area contributed by atoms with Crippen LogP contribution in [0.1, 0.15) is 44.3 Å². The average Bonchev–Trinajstić information content (AvgIpc) is 2.81. The topological polar surface area (TPSA) is 45.1 Å². The van der Waals surface area contributed by atoms with E-state index < -0.39 is 0 Å². The minimum absolute atomic E-state index is 0.108. The summed E-state index contributed by atoms with van der Waals surface area (Å²) in [7, 11) is 0. The van der Waals surface area contributed by atoms with Gasteiger partial charge < -0.3 is 10.4 Å². The van der Waals surface area contributed by atoms with Gasteiger partial charge >= 0.3 is 0 Å². The van der Waals surface area contributed by atoms with E-state index in [4.69, 9.17) is 0 Å². The molecule has 0 aromatic carbocycles. The number of aliphatic hydroxyl groups excluding tert-OH is 1. The molecule has 0 bridgehead atoms. The van der Waals surface area contributed by atoms with Crippen molar-refractivity contribution in [2.45, 2.75) is 44.8 Å². The van der Waals surface area contributed by atoms with Crippen LogP contribution >= 0.6 is 11.3 Å². The molecule has 1 saturated carbocycles. The van der Waals surface area contributed by atoms with E-state index in [2.05, 4.69) is 22.6 Å². The molecule has 1 aromatic rings. The number of nitrogens with one attached hydrogen (secondary N) is 1. The van der Waals surface area contributed by atoms with Crippen molar-refractivity contribution in [1.29, 1.82) is 0 Å². The summed E-state index contributed by atoms with van der Waals surface area (Å²) in [5, 5.41) is 15.4. The van der Waals surface area contributed by atoms with Gasteiger partial charge in [-0.15, -0.1) is 11.3 Å². The molecule has 3 atom stereocenters. The zero-order chi connectivity index (χ0) is 11.4. The van der Waals surface area contributed by atoms with Crippen LogP contribution in [-0.2, 0) is 0 Å². The molecule has 2 rings (SSSR count). The highest BCUT2D eigenvalue weighted by Crippen LogP contribution is 2.24. The maximum atomic E-state index is 9.86. The maximum Gasteiger partial charge on any atom is 0.0795 e. The van der Waals surface area contributed by atoms with Gasteiger partial charge in [0.15, 0.2) is 0 Å². The van der Waals surface area contributed by atoms with Crippen molar-refractivity contribution < 1.29 is 5.11 Å². The molecular weight excluding hydrogens is 220 g/mol. The number of aromatic nitrogens is 1. The first kappa shape index (κ1) is 12.0. The lowest BCUT2D eigenvalue weighted by Crippen LogP contribution is -2.35. The van der Waals surface area contributed by atoms with Crippen molar-refractivity contribution in [3.63, 3.8) is 0 Å². The fourth-order valence-electron chi connectivity index (χ4n) is 2.29. The Morgan fingerprint density at radius 2 is 2.38 bits per heavy atom. The average molecular weight is 240 g/mol. The first-order valence-corrected chi connectivity index (χ1v) is 7.01. The summed E-state index contributed by atoms with van der Waals surface area (Å²) in [6, 6.07) is 0.292. The first-order chi connectivity index (χ1) is 7.77. The quantitative estimate of drug-likeness (QED) is 0.849. The number of thiazole rings is 1. The lowest BCUT2D eigenvalue weighted by molar-refractivity contribution is 0.0683. The second-order valence-corrected chi connectivity index (χ2v) is 5.37. The van der Waals surface area contributed by atoms with E-state index in [0.29, 0.717) is 12.0 Å². The van der Waals surface area contributed by atoms with Gasteiger partial charge in [-0.25, -0.2) is 4.98 Å². The second-order valence-electron chi connectivity index (χ2n) is 4.66. The van der Waals surface area contributed by atoms with Crippen LogP contribution in [0.4, 0.5) is 0 Å². The molecule has 0 spiro atoms. The van der Waals surface area contributed by atoms with Gasteiger partial charge in [0.05, 0.1) is 17.3 Å². The van der Waals surface area contributed by atoms with Gasteiger partial charge in [-0.1, -0.05) is 12.8 Å². The molecular formula is C12H20N2OS. The number of hydrogen-bond acceptors (Lipinski definition) is 4. The van der Waals surface area contributed by atoms with Crippen molar-refractivity contribution in [3.05, 3.63) is 16.6 Å². The van der Waals surface area contributed by atoms with Crippen LogP contribution in [0.15, 0.2) is 10.9 Å². The first-order valence-electron chi connectivity index (χ1n) is 6.07. The molecule has 16 heavy (non-hydrogen) atoms. The van der Waals surface area contributed by atoms with Crippen molar-refractivity contribution in [2.24, 2.45) is 5.92 Å². The van der Waals surface area contributed by atoms with E-state index in [0.717, 1.165) is 25.1 Å². The summed E-state index contributed by atoms with van der Waals surface area (Å²) >= 11 is 1.63. The Kier molecular flexibility index (Phi) is 4.32. The van der Waals surface area contributed by atoms with Gasteiger partial charge in [-0.3, -0.25) is 0 Å². The summed E-state index contributed by atoms with van der Waals surface area (Å²) < 4.78 is 0. The molecule has 1 aliphatic rings. The van der Waals surface area contributed by atoms with Gasteiger partial charge in [-0.2, -0.15) is 0 Å². The van der Waals surface area contributed by atoms with Crippen molar-refractivity contribution in [2.75, 3.05) is 6.54 Å². The zero-order valence-electron chi connectivity index (χ0n) is 9.72. The van der Waals surface area contributed by atoms with E-state index in [-0.39, 0.29) is 6.10 Å². The summed E-state index contributed by atoms with van der Waals surface area (Å²) in [5.74, 6) is 0.426. The fourth-order valence-corrected chi connectivity index (χ4v) is 2.94. The Bertz CT molecular complexity index is 302. The molecule has 0 saturated heterocycles. The molecule has 3 nitrogen and oxygen atoms in total. The van der Waals surface area contributed by atoms with Crippen LogP contribution in [0.2, 0.25) is 0 Å². The number of rotatable bonds is 4. The molecule has 2 N–H and O–H groups in total. The molecule has 4 heteroatoms. The molecule has 1 aromatic heterocycles. The Morgan fingerprint density at radius 1 is 1.56 bits per heavy atom. The fraction of sp³-hybridized carbons (Fsp3) is 0.750. The standard InChI is InChI=1S/C12H20N2OS/c1-9(11-7-16-8-14-11)13-6-10-4-2-3-5-12(10)15/h7-10,12-13,15H,2-6H2,1H3. The maximum absolute atomic E-state index is 9.86. The van der Waals surface area contributed by atoms with Crippen LogP contribution in [0.3, 0.4) is 0 Å². The third-order valence-corrected chi connectivity index (χ3v) is 4.05. The van der Waals surface area contributed by atoms with E-state index in [1.807, 2.05) is 5.51 Å². The number of nitrogens with zero attached hydrogens (tertiary/aromatic N) is 1. The Labute approximate surface area is 101 Å². The molecule has 0 amide bonds. The predicted molar refractivity (Wildman–Crippen MR) is 66.5 cm³/mol. The zero-order valence-corrected chi connectivity index (χ0v) is 10.5. The molecule has 0 aliphatic heterocycles. The van der Waals surface area contributed by atoms with Crippen molar-refractivity contribution in [3.8, 4) is 0 Å². The largest absolute Gasteiger partial charge is 0.393 e. The second kappa shape index (κ2) is 5.75. The van der Waals surface area contributed by atoms with E-state index >= 15 is 0 Å². The molecule has 90 valence electrons. The van der Waals surface area contributed by atoms with Gasteiger partial charge in [0.25, 0.3) is 0 Å². The molecule has 1 heterocycles. The van der Waals surface area contributed by atoms with Crippen LogP contribution < -0.4 is 5.32 Å². The van der Waals surface area contributed by atoms with E-state index in [1.165, 1.54) is 12.8 Å². The summed E-state index contributed by atoms with van der Waals surface area (Å²) in [6.07, 6.45) is 4.45. The lowest BCUT2D eigenvalue weighted by atomic mass is 9.86. The van der Waals surface area contributed by atoms with Gasteiger partial charge in [-0.05, 0) is 25.7 Å². The van der Waals surface area contributed by atoms with Crippen LogP contribution in [-0.4, -0.2) is 22.7 Å².